The van der Waals surface area contributed by atoms with Crippen molar-refractivity contribution < 1.29 is 8.42 Å². The van der Waals surface area contributed by atoms with Crippen LogP contribution in [0, 0.1) is 11.3 Å². The fraction of sp³-hybridized carbons (Fsp3) is 1.00. The van der Waals surface area contributed by atoms with E-state index < -0.39 is 15.6 Å². The monoisotopic (exact) mass is 264 g/mol. The van der Waals surface area contributed by atoms with E-state index in [0.29, 0.717) is 12.5 Å². The fourth-order valence-corrected chi connectivity index (χ4v) is 4.18. The first-order valence-electron chi connectivity index (χ1n) is 6.11. The normalized spacial score (nSPS) is 17.2. The molecule has 5 heteroatoms. The minimum absolute atomic E-state index is 0.119. The van der Waals surface area contributed by atoms with Gasteiger partial charge in [-0.05, 0) is 24.7 Å². The minimum atomic E-state index is -3.28. The zero-order chi connectivity index (χ0) is 13.9. The topological polar surface area (TPSA) is 72.2 Å². The highest BCUT2D eigenvalue weighted by molar-refractivity contribution is 7.89. The second-order valence-corrected chi connectivity index (χ2v) is 8.51. The van der Waals surface area contributed by atoms with Crippen LogP contribution in [0.3, 0.4) is 0 Å². The largest absolute Gasteiger partial charge is 0.329 e. The first-order valence-corrected chi connectivity index (χ1v) is 7.76. The lowest BCUT2D eigenvalue weighted by atomic mass is 9.92. The van der Waals surface area contributed by atoms with Crippen LogP contribution in [-0.4, -0.2) is 26.3 Å². The van der Waals surface area contributed by atoms with Crippen molar-refractivity contribution in [2.75, 3.05) is 12.3 Å². The highest BCUT2D eigenvalue weighted by atomic mass is 32.2. The Hall–Kier alpha value is -0.130. The van der Waals surface area contributed by atoms with E-state index in [4.69, 9.17) is 5.73 Å². The molecule has 0 saturated heterocycles. The van der Waals surface area contributed by atoms with E-state index >= 15 is 0 Å². The Labute approximate surface area is 106 Å². The summed E-state index contributed by atoms with van der Waals surface area (Å²) >= 11 is 0. The van der Waals surface area contributed by atoms with Crippen molar-refractivity contribution in [3.63, 3.8) is 0 Å². The van der Waals surface area contributed by atoms with Crippen molar-refractivity contribution >= 4 is 10.0 Å². The maximum atomic E-state index is 12.0. The molecule has 0 rings (SSSR count). The fourth-order valence-electron chi connectivity index (χ4n) is 2.05. The number of nitrogens with one attached hydrogen (secondary N) is 1. The zero-order valence-corrected chi connectivity index (χ0v) is 12.8. The van der Waals surface area contributed by atoms with E-state index in [-0.39, 0.29) is 11.2 Å². The molecule has 0 saturated carbocycles. The van der Waals surface area contributed by atoms with Gasteiger partial charge >= 0.3 is 0 Å². The van der Waals surface area contributed by atoms with E-state index in [1.807, 2.05) is 27.7 Å². The van der Waals surface area contributed by atoms with Crippen molar-refractivity contribution in [3.8, 4) is 0 Å². The van der Waals surface area contributed by atoms with Crippen LogP contribution in [0.4, 0.5) is 0 Å². The van der Waals surface area contributed by atoms with Crippen molar-refractivity contribution in [2.24, 2.45) is 17.1 Å². The molecule has 0 spiro atoms. The molecule has 0 aromatic rings. The van der Waals surface area contributed by atoms with Gasteiger partial charge in [0.15, 0.2) is 0 Å². The minimum Gasteiger partial charge on any atom is -0.329 e. The van der Waals surface area contributed by atoms with E-state index in [1.54, 1.807) is 0 Å². The van der Waals surface area contributed by atoms with Crippen molar-refractivity contribution in [1.29, 1.82) is 0 Å². The lowest BCUT2D eigenvalue weighted by Gasteiger charge is -2.32. The third-order valence-electron chi connectivity index (χ3n) is 2.33. The average molecular weight is 264 g/mol. The van der Waals surface area contributed by atoms with Gasteiger partial charge in [-0.25, -0.2) is 13.1 Å². The Bertz CT molecular complexity index is 331. The molecule has 0 amide bonds. The third kappa shape index (κ3) is 7.73. The van der Waals surface area contributed by atoms with Gasteiger partial charge in [-0.2, -0.15) is 0 Å². The molecular weight excluding hydrogens is 236 g/mol. The molecule has 0 bridgehead atoms. The van der Waals surface area contributed by atoms with Crippen LogP contribution in [0.2, 0.25) is 0 Å². The van der Waals surface area contributed by atoms with Crippen LogP contribution in [0.15, 0.2) is 0 Å². The summed E-state index contributed by atoms with van der Waals surface area (Å²) in [4.78, 5) is 0. The Morgan fingerprint density at radius 2 is 1.65 bits per heavy atom. The number of hydrogen-bond acceptors (Lipinski definition) is 3. The number of hydrogen-bond donors (Lipinski definition) is 2. The van der Waals surface area contributed by atoms with Crippen LogP contribution < -0.4 is 10.5 Å². The number of rotatable bonds is 6. The van der Waals surface area contributed by atoms with Gasteiger partial charge < -0.3 is 5.73 Å². The van der Waals surface area contributed by atoms with Crippen LogP contribution in [0.5, 0.6) is 0 Å². The molecule has 17 heavy (non-hydrogen) atoms. The van der Waals surface area contributed by atoms with Gasteiger partial charge in [0.05, 0.1) is 5.75 Å². The van der Waals surface area contributed by atoms with E-state index in [2.05, 4.69) is 18.6 Å². The summed E-state index contributed by atoms with van der Waals surface area (Å²) in [5, 5.41) is 0. The quantitative estimate of drug-likeness (QED) is 0.767. The van der Waals surface area contributed by atoms with Gasteiger partial charge in [0.25, 0.3) is 0 Å². The molecule has 0 aromatic heterocycles. The SMILES string of the molecule is CC(C)CC(C)(CN)NS(=O)(=O)CC(C)(C)C. The molecule has 0 aliphatic carbocycles. The number of sulfonamides is 1. The van der Waals surface area contributed by atoms with Gasteiger partial charge in [-0.1, -0.05) is 34.6 Å². The maximum absolute atomic E-state index is 12.0. The van der Waals surface area contributed by atoms with E-state index in [0.717, 1.165) is 6.42 Å². The number of nitrogens with two attached hydrogens (primary N) is 1. The summed E-state index contributed by atoms with van der Waals surface area (Å²) in [6.07, 6.45) is 0.743. The van der Waals surface area contributed by atoms with Crippen LogP contribution in [-0.2, 0) is 10.0 Å². The summed E-state index contributed by atoms with van der Waals surface area (Å²) in [5.41, 5.74) is 4.91. The smallest absolute Gasteiger partial charge is 0.212 e. The summed E-state index contributed by atoms with van der Waals surface area (Å²) in [6.45, 7) is 12.0. The molecule has 1 atom stereocenters. The molecule has 4 nitrogen and oxygen atoms in total. The first-order chi connectivity index (χ1) is 7.39. The molecule has 0 aliphatic heterocycles. The van der Waals surface area contributed by atoms with Gasteiger partial charge in [-0.3, -0.25) is 0 Å². The maximum Gasteiger partial charge on any atom is 0.212 e. The summed E-state index contributed by atoms with van der Waals surface area (Å²) in [5.74, 6) is 0.522. The second kappa shape index (κ2) is 5.67. The summed E-state index contributed by atoms with van der Waals surface area (Å²) in [7, 11) is -3.28. The van der Waals surface area contributed by atoms with Crippen molar-refractivity contribution in [2.45, 2.75) is 53.5 Å². The third-order valence-corrected chi connectivity index (χ3v) is 4.38. The molecule has 0 fully saturated rings. The predicted molar refractivity (Wildman–Crippen MR) is 73.3 cm³/mol. The molecule has 0 radical (unpaired) electrons. The Kier molecular flexibility index (Phi) is 5.63. The molecule has 1 unspecified atom stereocenters. The standard InChI is InChI=1S/C12H28N2O2S/c1-10(2)7-12(6,8-13)14-17(15,16)9-11(3,4)5/h10,14H,7-9,13H2,1-6H3. The molecule has 3 N–H and O–H groups in total. The predicted octanol–water partition coefficient (Wildman–Crippen LogP) is 1.72. The van der Waals surface area contributed by atoms with Crippen molar-refractivity contribution in [1.82, 2.24) is 4.72 Å². The first kappa shape index (κ1) is 16.9. The zero-order valence-electron chi connectivity index (χ0n) is 12.0. The van der Waals surface area contributed by atoms with Crippen molar-refractivity contribution in [3.05, 3.63) is 0 Å². The highest BCUT2D eigenvalue weighted by Gasteiger charge is 2.31. The van der Waals surface area contributed by atoms with Gasteiger partial charge in [0, 0.05) is 12.1 Å². The summed E-state index contributed by atoms with van der Waals surface area (Å²) < 4.78 is 26.8. The van der Waals surface area contributed by atoms with E-state index in [9.17, 15) is 8.42 Å². The Morgan fingerprint density at radius 1 is 1.18 bits per heavy atom. The molecule has 0 aromatic carbocycles. The van der Waals surface area contributed by atoms with Crippen LogP contribution >= 0.6 is 0 Å². The lowest BCUT2D eigenvalue weighted by Crippen LogP contribution is -2.53. The average Bonchev–Trinajstić information content (AvgIpc) is 1.95. The highest BCUT2D eigenvalue weighted by Crippen LogP contribution is 2.20. The molecule has 0 aliphatic rings. The molecule has 0 heterocycles. The van der Waals surface area contributed by atoms with Gasteiger partial charge in [0.2, 0.25) is 10.0 Å². The van der Waals surface area contributed by atoms with Crippen LogP contribution in [0.25, 0.3) is 0 Å². The lowest BCUT2D eigenvalue weighted by molar-refractivity contribution is 0.341. The van der Waals surface area contributed by atoms with Crippen LogP contribution in [0.1, 0.15) is 48.0 Å². The van der Waals surface area contributed by atoms with Gasteiger partial charge in [0.1, 0.15) is 0 Å². The second-order valence-electron chi connectivity index (χ2n) is 6.78. The van der Waals surface area contributed by atoms with Gasteiger partial charge in [-0.15, -0.1) is 0 Å². The summed E-state index contributed by atoms with van der Waals surface area (Å²) in [6, 6.07) is 0. The molecule has 104 valence electrons. The Balaban J connectivity index is 4.78. The molecular formula is C12H28N2O2S. The van der Waals surface area contributed by atoms with E-state index in [1.165, 1.54) is 0 Å². The Morgan fingerprint density at radius 3 is 1.94 bits per heavy atom.